The van der Waals surface area contributed by atoms with E-state index in [0.29, 0.717) is 22.1 Å². The summed E-state index contributed by atoms with van der Waals surface area (Å²) in [7, 11) is 0. The second kappa shape index (κ2) is 4.92. The molecule has 0 saturated heterocycles. The zero-order chi connectivity index (χ0) is 14.3. The van der Waals surface area contributed by atoms with Crippen molar-refractivity contribution in [3.63, 3.8) is 0 Å². The van der Waals surface area contributed by atoms with Gasteiger partial charge in [-0.3, -0.25) is 0 Å². The Bertz CT molecular complexity index is 800. The molecule has 0 amide bonds. The maximum Gasteiger partial charge on any atom is 0.148 e. The maximum atomic E-state index is 13.8. The highest BCUT2D eigenvalue weighted by Gasteiger charge is 2.09. The van der Waals surface area contributed by atoms with Crippen LogP contribution >= 0.6 is 22.9 Å². The number of rotatable bonds is 2. The van der Waals surface area contributed by atoms with Gasteiger partial charge in [-0.05, 0) is 37.3 Å². The van der Waals surface area contributed by atoms with Gasteiger partial charge in [-0.25, -0.2) is 9.37 Å². The molecule has 0 spiro atoms. The number of fused-ring (bicyclic) bond motifs is 1. The molecule has 3 rings (SSSR count). The molecule has 0 aliphatic heterocycles. The van der Waals surface area contributed by atoms with Gasteiger partial charge in [0.1, 0.15) is 5.82 Å². The van der Waals surface area contributed by atoms with Crippen LogP contribution in [0.1, 0.15) is 5.01 Å². The van der Waals surface area contributed by atoms with E-state index >= 15 is 0 Å². The monoisotopic (exact) mass is 307 g/mol. The van der Waals surface area contributed by atoms with E-state index in [0.717, 1.165) is 15.2 Å². The number of thiazole rings is 1. The van der Waals surface area contributed by atoms with Crippen LogP contribution in [-0.4, -0.2) is 4.98 Å². The van der Waals surface area contributed by atoms with Crippen molar-refractivity contribution in [2.75, 3.05) is 11.1 Å². The van der Waals surface area contributed by atoms with Gasteiger partial charge in [0.25, 0.3) is 0 Å². The van der Waals surface area contributed by atoms with E-state index < -0.39 is 5.82 Å². The average Bonchev–Trinajstić information content (AvgIpc) is 2.72. The first kappa shape index (κ1) is 13.1. The minimum Gasteiger partial charge on any atom is -0.397 e. The molecule has 102 valence electrons. The molecule has 0 aliphatic carbocycles. The fraction of sp³-hybridized carbons (Fsp3) is 0.0714. The van der Waals surface area contributed by atoms with E-state index in [-0.39, 0.29) is 0 Å². The van der Waals surface area contributed by atoms with Gasteiger partial charge in [-0.2, -0.15) is 0 Å². The van der Waals surface area contributed by atoms with E-state index in [1.807, 2.05) is 19.1 Å². The lowest BCUT2D eigenvalue weighted by Gasteiger charge is -2.10. The standard InChI is InChI=1S/C14H11ClFN3S/c1-7-18-13-6-12(10(17)5-14(13)20-7)19-11-3-2-8(15)4-9(11)16/h2-6,19H,17H2,1H3. The smallest absolute Gasteiger partial charge is 0.148 e. The van der Waals surface area contributed by atoms with Crippen LogP contribution in [0.4, 0.5) is 21.5 Å². The number of nitrogens with one attached hydrogen (secondary N) is 1. The summed E-state index contributed by atoms with van der Waals surface area (Å²) >= 11 is 7.31. The van der Waals surface area contributed by atoms with E-state index in [1.165, 1.54) is 6.07 Å². The van der Waals surface area contributed by atoms with Gasteiger partial charge in [0.2, 0.25) is 0 Å². The number of nitrogen functional groups attached to an aromatic ring is 1. The Morgan fingerprint density at radius 3 is 2.80 bits per heavy atom. The Morgan fingerprint density at radius 2 is 2.05 bits per heavy atom. The molecule has 0 aliphatic rings. The molecule has 3 N–H and O–H groups in total. The number of halogens is 2. The molecule has 0 radical (unpaired) electrons. The SMILES string of the molecule is Cc1nc2cc(Nc3ccc(Cl)cc3F)c(N)cc2s1. The van der Waals surface area contributed by atoms with Crippen molar-refractivity contribution in [2.24, 2.45) is 0 Å². The fourth-order valence-electron chi connectivity index (χ4n) is 1.95. The molecule has 20 heavy (non-hydrogen) atoms. The first-order valence-corrected chi connectivity index (χ1v) is 7.11. The van der Waals surface area contributed by atoms with Crippen LogP contribution in [0.5, 0.6) is 0 Å². The third kappa shape index (κ3) is 2.42. The predicted molar refractivity (Wildman–Crippen MR) is 83.5 cm³/mol. The number of hydrogen-bond acceptors (Lipinski definition) is 4. The van der Waals surface area contributed by atoms with Crippen LogP contribution < -0.4 is 11.1 Å². The first-order chi connectivity index (χ1) is 9.52. The molecule has 0 fully saturated rings. The molecule has 2 aromatic carbocycles. The Hall–Kier alpha value is -1.85. The quantitative estimate of drug-likeness (QED) is 0.673. The maximum absolute atomic E-state index is 13.8. The molecule has 0 bridgehead atoms. The molecule has 0 atom stereocenters. The average molecular weight is 308 g/mol. The molecular weight excluding hydrogens is 297 g/mol. The van der Waals surface area contributed by atoms with E-state index in [1.54, 1.807) is 23.5 Å². The third-order valence-corrected chi connectivity index (χ3v) is 4.04. The molecular formula is C14H11ClFN3S. The molecule has 0 unspecified atom stereocenters. The number of aromatic nitrogens is 1. The van der Waals surface area contributed by atoms with Gasteiger partial charge >= 0.3 is 0 Å². The number of anilines is 3. The zero-order valence-corrected chi connectivity index (χ0v) is 12.1. The summed E-state index contributed by atoms with van der Waals surface area (Å²) in [5.41, 5.74) is 8.34. The minimum absolute atomic E-state index is 0.326. The zero-order valence-electron chi connectivity index (χ0n) is 10.6. The Morgan fingerprint density at radius 1 is 1.25 bits per heavy atom. The van der Waals surface area contributed by atoms with Crippen molar-refractivity contribution in [1.29, 1.82) is 0 Å². The van der Waals surface area contributed by atoms with Crippen molar-refractivity contribution >= 4 is 50.2 Å². The number of nitrogens with two attached hydrogens (primary N) is 1. The van der Waals surface area contributed by atoms with Gasteiger partial charge in [0.05, 0.1) is 32.3 Å². The molecule has 1 heterocycles. The van der Waals surface area contributed by atoms with E-state index in [2.05, 4.69) is 10.3 Å². The van der Waals surface area contributed by atoms with Crippen LogP contribution in [0.3, 0.4) is 0 Å². The van der Waals surface area contributed by atoms with Gasteiger partial charge < -0.3 is 11.1 Å². The summed E-state index contributed by atoms with van der Waals surface area (Å²) in [6.45, 7) is 1.94. The largest absolute Gasteiger partial charge is 0.397 e. The summed E-state index contributed by atoms with van der Waals surface area (Å²) in [6.07, 6.45) is 0. The summed E-state index contributed by atoms with van der Waals surface area (Å²) in [5.74, 6) is -0.425. The first-order valence-electron chi connectivity index (χ1n) is 5.91. The molecule has 1 aromatic heterocycles. The predicted octanol–water partition coefficient (Wildman–Crippen LogP) is 4.72. The number of nitrogens with zero attached hydrogens (tertiary/aromatic N) is 1. The van der Waals surface area contributed by atoms with Crippen LogP contribution in [0.2, 0.25) is 5.02 Å². The van der Waals surface area contributed by atoms with E-state index in [4.69, 9.17) is 17.3 Å². The summed E-state index contributed by atoms with van der Waals surface area (Å²) in [5, 5.41) is 4.30. The summed E-state index contributed by atoms with van der Waals surface area (Å²) in [4.78, 5) is 4.40. The van der Waals surface area contributed by atoms with Crippen molar-refractivity contribution in [3.8, 4) is 0 Å². The Labute approximate surface area is 124 Å². The summed E-state index contributed by atoms with van der Waals surface area (Å²) in [6, 6.07) is 8.12. The van der Waals surface area contributed by atoms with Crippen molar-refractivity contribution in [3.05, 3.63) is 46.2 Å². The Balaban J connectivity index is 2.03. The van der Waals surface area contributed by atoms with E-state index in [9.17, 15) is 4.39 Å². The highest BCUT2D eigenvalue weighted by atomic mass is 35.5. The fourth-order valence-corrected chi connectivity index (χ4v) is 2.97. The lowest BCUT2D eigenvalue weighted by atomic mass is 10.2. The summed E-state index contributed by atoms with van der Waals surface area (Å²) < 4.78 is 14.8. The number of hydrogen-bond donors (Lipinski definition) is 2. The van der Waals surface area contributed by atoms with Crippen LogP contribution in [0, 0.1) is 12.7 Å². The second-order valence-electron chi connectivity index (χ2n) is 4.39. The van der Waals surface area contributed by atoms with Crippen LogP contribution in [0.25, 0.3) is 10.2 Å². The molecule has 6 heteroatoms. The lowest BCUT2D eigenvalue weighted by Crippen LogP contribution is -1.98. The van der Waals surface area contributed by atoms with Crippen LogP contribution in [-0.2, 0) is 0 Å². The number of benzene rings is 2. The van der Waals surface area contributed by atoms with Crippen molar-refractivity contribution in [2.45, 2.75) is 6.92 Å². The minimum atomic E-state index is -0.425. The van der Waals surface area contributed by atoms with Gasteiger partial charge in [-0.15, -0.1) is 11.3 Å². The molecule has 3 aromatic rings. The number of aryl methyl sites for hydroxylation is 1. The second-order valence-corrected chi connectivity index (χ2v) is 6.06. The highest BCUT2D eigenvalue weighted by Crippen LogP contribution is 2.32. The Kier molecular flexibility index (Phi) is 3.23. The molecule has 0 saturated carbocycles. The van der Waals surface area contributed by atoms with Crippen molar-refractivity contribution < 1.29 is 4.39 Å². The lowest BCUT2D eigenvalue weighted by molar-refractivity contribution is 0.632. The topological polar surface area (TPSA) is 50.9 Å². The normalized spacial score (nSPS) is 10.9. The van der Waals surface area contributed by atoms with Gasteiger partial charge in [0, 0.05) is 5.02 Å². The van der Waals surface area contributed by atoms with Gasteiger partial charge in [-0.1, -0.05) is 11.6 Å². The van der Waals surface area contributed by atoms with Crippen LogP contribution in [0.15, 0.2) is 30.3 Å². The highest BCUT2D eigenvalue weighted by molar-refractivity contribution is 7.18. The van der Waals surface area contributed by atoms with Crippen molar-refractivity contribution in [1.82, 2.24) is 4.98 Å². The van der Waals surface area contributed by atoms with Gasteiger partial charge in [0.15, 0.2) is 0 Å². The third-order valence-electron chi connectivity index (χ3n) is 2.87. The molecule has 3 nitrogen and oxygen atoms in total.